The summed E-state index contributed by atoms with van der Waals surface area (Å²) >= 11 is 0. The van der Waals surface area contributed by atoms with E-state index in [1.54, 1.807) is 6.20 Å². The van der Waals surface area contributed by atoms with Crippen molar-refractivity contribution >= 4 is 11.6 Å². The lowest BCUT2D eigenvalue weighted by molar-refractivity contribution is 0.0755. The number of nitrogens with zero attached hydrogens (tertiary/aromatic N) is 3. The number of aromatic nitrogens is 1. The van der Waals surface area contributed by atoms with E-state index in [0.717, 1.165) is 38.2 Å². The molecule has 0 bridgehead atoms. The van der Waals surface area contributed by atoms with Crippen LogP contribution in [0.2, 0.25) is 0 Å². The van der Waals surface area contributed by atoms with Crippen molar-refractivity contribution in [3.63, 3.8) is 0 Å². The van der Waals surface area contributed by atoms with Gasteiger partial charge in [0.25, 0.3) is 5.91 Å². The normalized spacial score (nSPS) is 10.5. The fraction of sp³-hybridized carbons (Fsp3) is 0.400. The van der Waals surface area contributed by atoms with Crippen molar-refractivity contribution in [2.75, 3.05) is 25.0 Å². The summed E-state index contributed by atoms with van der Waals surface area (Å²) in [5.41, 5.74) is 2.85. The number of rotatable bonds is 8. The van der Waals surface area contributed by atoms with Gasteiger partial charge in [0.15, 0.2) is 0 Å². The van der Waals surface area contributed by atoms with Crippen LogP contribution in [-0.2, 0) is 6.54 Å². The van der Waals surface area contributed by atoms with Crippen LogP contribution in [0.5, 0.6) is 0 Å². The van der Waals surface area contributed by atoms with Crippen LogP contribution < -0.4 is 4.90 Å². The Morgan fingerprint density at radius 2 is 1.71 bits per heavy atom. The van der Waals surface area contributed by atoms with Gasteiger partial charge >= 0.3 is 0 Å². The first kappa shape index (κ1) is 18.0. The minimum absolute atomic E-state index is 0.0705. The minimum atomic E-state index is 0.0705. The third-order valence-electron chi connectivity index (χ3n) is 3.95. The van der Waals surface area contributed by atoms with Gasteiger partial charge in [0.2, 0.25) is 0 Å². The van der Waals surface area contributed by atoms with Crippen molar-refractivity contribution in [3.05, 3.63) is 59.9 Å². The van der Waals surface area contributed by atoms with Gasteiger partial charge in [-0.2, -0.15) is 0 Å². The average Bonchev–Trinajstić information content (AvgIpc) is 2.62. The van der Waals surface area contributed by atoms with Gasteiger partial charge in [0, 0.05) is 32.9 Å². The summed E-state index contributed by atoms with van der Waals surface area (Å²) in [4.78, 5) is 21.0. The molecule has 0 aliphatic carbocycles. The molecule has 0 spiro atoms. The van der Waals surface area contributed by atoms with Crippen molar-refractivity contribution in [1.82, 2.24) is 9.88 Å². The van der Waals surface area contributed by atoms with Gasteiger partial charge in [-0.25, -0.2) is 0 Å². The molecule has 1 heterocycles. The maximum absolute atomic E-state index is 12.7. The van der Waals surface area contributed by atoms with E-state index in [9.17, 15) is 4.79 Å². The molecule has 4 nitrogen and oxygen atoms in total. The Morgan fingerprint density at radius 1 is 1.04 bits per heavy atom. The number of amides is 1. The van der Waals surface area contributed by atoms with Crippen LogP contribution in [0.3, 0.4) is 0 Å². The van der Waals surface area contributed by atoms with E-state index >= 15 is 0 Å². The molecule has 0 N–H and O–H groups in total. The quantitative estimate of drug-likeness (QED) is 0.736. The fourth-order valence-electron chi connectivity index (χ4n) is 2.74. The highest BCUT2D eigenvalue weighted by Gasteiger charge is 2.15. The molecule has 1 aromatic carbocycles. The zero-order valence-electron chi connectivity index (χ0n) is 14.9. The summed E-state index contributed by atoms with van der Waals surface area (Å²) in [5.74, 6) is 0.0705. The second-order valence-corrected chi connectivity index (χ2v) is 6.07. The molecular weight excluding hydrogens is 298 g/mol. The van der Waals surface area contributed by atoms with Crippen molar-refractivity contribution in [2.24, 2.45) is 0 Å². The average molecular weight is 325 g/mol. The summed E-state index contributed by atoms with van der Waals surface area (Å²) in [7, 11) is 2.02. The number of benzene rings is 1. The summed E-state index contributed by atoms with van der Waals surface area (Å²) in [6.07, 6.45) is 5.41. The van der Waals surface area contributed by atoms with Crippen molar-refractivity contribution in [2.45, 2.75) is 33.2 Å². The number of hydrogen-bond acceptors (Lipinski definition) is 3. The maximum atomic E-state index is 12.7. The van der Waals surface area contributed by atoms with Gasteiger partial charge in [-0.1, -0.05) is 44.2 Å². The third-order valence-corrected chi connectivity index (χ3v) is 3.95. The first-order chi connectivity index (χ1) is 11.7. The summed E-state index contributed by atoms with van der Waals surface area (Å²) in [6.45, 7) is 6.55. The van der Waals surface area contributed by atoms with Gasteiger partial charge in [-0.05, 0) is 24.5 Å². The van der Waals surface area contributed by atoms with Crippen LogP contribution >= 0.6 is 0 Å². The topological polar surface area (TPSA) is 36.4 Å². The lowest BCUT2D eigenvalue weighted by atomic mass is 10.2. The van der Waals surface area contributed by atoms with Gasteiger partial charge in [-0.3, -0.25) is 9.78 Å². The number of carbonyl (C=O) groups is 1. The molecule has 0 saturated heterocycles. The Morgan fingerprint density at radius 3 is 2.33 bits per heavy atom. The molecule has 0 unspecified atom stereocenters. The first-order valence-electron chi connectivity index (χ1n) is 8.65. The molecule has 128 valence electrons. The molecule has 0 radical (unpaired) electrons. The maximum Gasteiger partial charge on any atom is 0.255 e. The highest BCUT2D eigenvalue weighted by molar-refractivity contribution is 5.94. The molecule has 0 aliphatic heterocycles. The molecule has 2 rings (SSSR count). The predicted octanol–water partition coefficient (Wildman–Crippen LogP) is 3.98. The molecular formula is C20H27N3O. The summed E-state index contributed by atoms with van der Waals surface area (Å²) in [6, 6.07) is 12.2. The van der Waals surface area contributed by atoms with E-state index in [1.807, 2.05) is 42.4 Å². The van der Waals surface area contributed by atoms with E-state index in [2.05, 4.69) is 35.9 Å². The zero-order chi connectivity index (χ0) is 17.4. The molecule has 0 atom stereocenters. The van der Waals surface area contributed by atoms with Crippen LogP contribution in [0.4, 0.5) is 5.69 Å². The summed E-state index contributed by atoms with van der Waals surface area (Å²) < 4.78 is 0. The first-order valence-corrected chi connectivity index (χ1v) is 8.65. The van der Waals surface area contributed by atoms with Crippen LogP contribution in [0, 0.1) is 0 Å². The Hall–Kier alpha value is -2.36. The lowest BCUT2D eigenvalue weighted by Crippen LogP contribution is -2.32. The third kappa shape index (κ3) is 4.82. The molecule has 0 fully saturated rings. The van der Waals surface area contributed by atoms with E-state index in [1.165, 1.54) is 5.56 Å². The standard InChI is InChI=1S/C20H27N3O/c1-4-11-23(12-5-2)20(24)18-13-19(15-21-14-18)22(3)16-17-9-7-6-8-10-17/h6-10,13-15H,4-5,11-12,16H2,1-3H3. The van der Waals surface area contributed by atoms with Crippen molar-refractivity contribution in [3.8, 4) is 0 Å². The number of hydrogen-bond donors (Lipinski definition) is 0. The molecule has 24 heavy (non-hydrogen) atoms. The Bertz CT molecular complexity index is 636. The van der Waals surface area contributed by atoms with Gasteiger partial charge in [-0.15, -0.1) is 0 Å². The Kier molecular flexibility index (Phi) is 6.79. The van der Waals surface area contributed by atoms with Crippen LogP contribution in [-0.4, -0.2) is 35.9 Å². The van der Waals surface area contributed by atoms with Gasteiger partial charge < -0.3 is 9.80 Å². The Labute approximate surface area is 145 Å². The van der Waals surface area contributed by atoms with Crippen molar-refractivity contribution < 1.29 is 4.79 Å². The molecule has 0 aliphatic rings. The fourth-order valence-corrected chi connectivity index (χ4v) is 2.74. The van der Waals surface area contributed by atoms with E-state index in [4.69, 9.17) is 0 Å². The smallest absolute Gasteiger partial charge is 0.255 e. The molecule has 1 amide bonds. The second kappa shape index (κ2) is 9.06. The number of pyridine rings is 1. The molecule has 4 heteroatoms. The molecule has 2 aromatic rings. The zero-order valence-corrected chi connectivity index (χ0v) is 14.9. The van der Waals surface area contributed by atoms with Gasteiger partial charge in [0.1, 0.15) is 0 Å². The van der Waals surface area contributed by atoms with E-state index in [-0.39, 0.29) is 5.91 Å². The van der Waals surface area contributed by atoms with Gasteiger partial charge in [0.05, 0.1) is 17.4 Å². The van der Waals surface area contributed by atoms with Crippen LogP contribution in [0.15, 0.2) is 48.8 Å². The van der Waals surface area contributed by atoms with Crippen LogP contribution in [0.1, 0.15) is 42.6 Å². The SMILES string of the molecule is CCCN(CCC)C(=O)c1cncc(N(C)Cc2ccccc2)c1. The highest BCUT2D eigenvalue weighted by atomic mass is 16.2. The predicted molar refractivity (Wildman–Crippen MR) is 99.3 cm³/mol. The Balaban J connectivity index is 2.13. The van der Waals surface area contributed by atoms with Crippen LogP contribution in [0.25, 0.3) is 0 Å². The molecule has 1 aromatic heterocycles. The molecule has 0 saturated carbocycles. The lowest BCUT2D eigenvalue weighted by Gasteiger charge is -2.23. The number of anilines is 1. The summed E-state index contributed by atoms with van der Waals surface area (Å²) in [5, 5.41) is 0. The van der Waals surface area contributed by atoms with E-state index in [0.29, 0.717) is 5.56 Å². The highest BCUT2D eigenvalue weighted by Crippen LogP contribution is 2.17. The largest absolute Gasteiger partial charge is 0.369 e. The monoisotopic (exact) mass is 325 g/mol. The number of carbonyl (C=O) groups excluding carboxylic acids is 1. The second-order valence-electron chi connectivity index (χ2n) is 6.07. The van der Waals surface area contributed by atoms with E-state index < -0.39 is 0 Å². The minimum Gasteiger partial charge on any atom is -0.369 e. The van der Waals surface area contributed by atoms with Crippen molar-refractivity contribution in [1.29, 1.82) is 0 Å².